The van der Waals surface area contributed by atoms with E-state index in [0.717, 1.165) is 39.1 Å². The van der Waals surface area contributed by atoms with Gasteiger partial charge in [-0.25, -0.2) is 0 Å². The summed E-state index contributed by atoms with van der Waals surface area (Å²) in [6, 6.07) is 0. The van der Waals surface area contributed by atoms with E-state index in [0.29, 0.717) is 13.0 Å². The molecule has 0 radical (unpaired) electrons. The number of carbonyl (C=O) groups excluding carboxylic acids is 1. The number of aliphatic carboxylic acids is 1. The molecule has 0 aromatic carbocycles. The zero-order valence-electron chi connectivity index (χ0n) is 11.7. The molecule has 0 bridgehead atoms. The molecule has 1 aliphatic heterocycles. The van der Waals surface area contributed by atoms with Crippen molar-refractivity contribution in [2.45, 2.75) is 26.2 Å². The Labute approximate surface area is 114 Å². The lowest BCUT2D eigenvalue weighted by molar-refractivity contribution is -0.138. The van der Waals surface area contributed by atoms with Crippen LogP contribution in [-0.2, 0) is 9.59 Å². The smallest absolute Gasteiger partial charge is 0.303 e. The van der Waals surface area contributed by atoms with Gasteiger partial charge in [-0.1, -0.05) is 6.92 Å². The number of nitrogens with one attached hydrogen (secondary N) is 2. The van der Waals surface area contributed by atoms with Gasteiger partial charge in [-0.15, -0.1) is 0 Å². The van der Waals surface area contributed by atoms with Crippen LogP contribution >= 0.6 is 0 Å². The van der Waals surface area contributed by atoms with Crippen LogP contribution in [0.5, 0.6) is 0 Å². The zero-order chi connectivity index (χ0) is 14.1. The molecular weight excluding hydrogens is 246 g/mol. The lowest BCUT2D eigenvalue weighted by Gasteiger charge is -2.27. The second-order valence-corrected chi connectivity index (χ2v) is 5.20. The third-order valence-corrected chi connectivity index (χ3v) is 3.24. The molecule has 110 valence electrons. The van der Waals surface area contributed by atoms with Crippen LogP contribution < -0.4 is 10.6 Å². The van der Waals surface area contributed by atoms with Gasteiger partial charge in [0.25, 0.3) is 0 Å². The summed E-state index contributed by atoms with van der Waals surface area (Å²) in [6.45, 7) is 7.69. The molecule has 19 heavy (non-hydrogen) atoms. The molecule has 0 aliphatic carbocycles. The first-order valence-electron chi connectivity index (χ1n) is 6.99. The molecule has 6 nitrogen and oxygen atoms in total. The van der Waals surface area contributed by atoms with E-state index in [9.17, 15) is 9.59 Å². The van der Waals surface area contributed by atoms with Crippen molar-refractivity contribution in [1.82, 2.24) is 15.5 Å². The van der Waals surface area contributed by atoms with Crippen LogP contribution in [0.2, 0.25) is 0 Å². The molecule has 1 heterocycles. The van der Waals surface area contributed by atoms with Gasteiger partial charge in [0.1, 0.15) is 0 Å². The van der Waals surface area contributed by atoms with Gasteiger partial charge >= 0.3 is 5.97 Å². The first-order chi connectivity index (χ1) is 9.08. The minimum atomic E-state index is -0.848. The number of amides is 1. The number of carbonyl (C=O) groups is 2. The summed E-state index contributed by atoms with van der Waals surface area (Å²) >= 11 is 0. The van der Waals surface area contributed by atoms with E-state index in [1.165, 1.54) is 0 Å². The third-order valence-electron chi connectivity index (χ3n) is 3.24. The van der Waals surface area contributed by atoms with Crippen molar-refractivity contribution in [3.63, 3.8) is 0 Å². The fraction of sp³-hybridized carbons (Fsp3) is 0.846. The molecule has 1 unspecified atom stereocenters. The maximum Gasteiger partial charge on any atom is 0.303 e. The average Bonchev–Trinajstić information content (AvgIpc) is 2.35. The molecule has 0 spiro atoms. The van der Waals surface area contributed by atoms with Gasteiger partial charge in [0.2, 0.25) is 5.91 Å². The lowest BCUT2D eigenvalue weighted by atomic mass is 10.0. The van der Waals surface area contributed by atoms with E-state index >= 15 is 0 Å². The first kappa shape index (κ1) is 15.9. The second kappa shape index (κ2) is 8.87. The summed E-state index contributed by atoms with van der Waals surface area (Å²) in [6.07, 6.45) is 1.28. The van der Waals surface area contributed by atoms with Crippen molar-refractivity contribution in [1.29, 1.82) is 0 Å². The van der Waals surface area contributed by atoms with Crippen LogP contribution in [-0.4, -0.2) is 61.2 Å². The fourth-order valence-electron chi connectivity index (χ4n) is 2.22. The average molecular weight is 271 g/mol. The summed E-state index contributed by atoms with van der Waals surface area (Å²) < 4.78 is 0. The predicted octanol–water partition coefficient (Wildman–Crippen LogP) is -0.101. The van der Waals surface area contributed by atoms with Gasteiger partial charge < -0.3 is 20.6 Å². The van der Waals surface area contributed by atoms with Crippen LogP contribution in [0.25, 0.3) is 0 Å². The fourth-order valence-corrected chi connectivity index (χ4v) is 2.22. The number of nitrogens with zero attached hydrogens (tertiary/aromatic N) is 1. The second-order valence-electron chi connectivity index (χ2n) is 5.20. The Hall–Kier alpha value is -1.14. The van der Waals surface area contributed by atoms with E-state index in [-0.39, 0.29) is 18.2 Å². The first-order valence-corrected chi connectivity index (χ1v) is 6.99. The van der Waals surface area contributed by atoms with E-state index in [4.69, 9.17) is 5.11 Å². The molecule has 0 saturated carbocycles. The van der Waals surface area contributed by atoms with Crippen molar-refractivity contribution in [2.24, 2.45) is 5.92 Å². The molecule has 1 amide bonds. The lowest BCUT2D eigenvalue weighted by Crippen LogP contribution is -2.44. The van der Waals surface area contributed by atoms with Gasteiger partial charge in [-0.2, -0.15) is 0 Å². The van der Waals surface area contributed by atoms with Crippen LogP contribution in [0.3, 0.4) is 0 Å². The Morgan fingerprint density at radius 3 is 2.63 bits per heavy atom. The maximum absolute atomic E-state index is 11.6. The Morgan fingerprint density at radius 2 is 2.00 bits per heavy atom. The Bertz CT molecular complexity index is 291. The topological polar surface area (TPSA) is 81.7 Å². The van der Waals surface area contributed by atoms with Crippen molar-refractivity contribution in [3.05, 3.63) is 0 Å². The molecule has 1 saturated heterocycles. The van der Waals surface area contributed by atoms with Crippen LogP contribution in [0, 0.1) is 5.92 Å². The predicted molar refractivity (Wildman–Crippen MR) is 73.0 cm³/mol. The number of hydrogen-bond acceptors (Lipinski definition) is 4. The number of hydrogen-bond donors (Lipinski definition) is 3. The Kier molecular flexibility index (Phi) is 7.43. The van der Waals surface area contributed by atoms with E-state index in [1.54, 1.807) is 6.92 Å². The molecule has 1 fully saturated rings. The number of carboxylic acid groups (broad SMARTS) is 1. The van der Waals surface area contributed by atoms with Crippen molar-refractivity contribution in [2.75, 3.05) is 39.3 Å². The standard InChI is InChI=1S/C13H25N3O3/c1-11(10-13(18)19)9-12(17)15-3-2-6-16-7-4-14-5-8-16/h11,14H,2-10H2,1H3,(H,15,17)(H,18,19). The van der Waals surface area contributed by atoms with Crippen molar-refractivity contribution in [3.8, 4) is 0 Å². The molecule has 0 aromatic rings. The quantitative estimate of drug-likeness (QED) is 0.537. The molecule has 3 N–H and O–H groups in total. The van der Waals surface area contributed by atoms with Gasteiger partial charge in [0, 0.05) is 45.6 Å². The molecular formula is C13H25N3O3. The number of carboxylic acids is 1. The van der Waals surface area contributed by atoms with E-state index in [2.05, 4.69) is 15.5 Å². The highest BCUT2D eigenvalue weighted by Gasteiger charge is 2.12. The zero-order valence-corrected chi connectivity index (χ0v) is 11.7. The molecule has 1 aliphatic rings. The van der Waals surface area contributed by atoms with E-state index < -0.39 is 5.97 Å². The highest BCUT2D eigenvalue weighted by atomic mass is 16.4. The number of rotatable bonds is 8. The minimum absolute atomic E-state index is 0.0472. The molecule has 0 aromatic heterocycles. The van der Waals surface area contributed by atoms with Crippen LogP contribution in [0.1, 0.15) is 26.2 Å². The van der Waals surface area contributed by atoms with Gasteiger partial charge in [-0.05, 0) is 18.9 Å². The van der Waals surface area contributed by atoms with E-state index in [1.807, 2.05) is 0 Å². The van der Waals surface area contributed by atoms with Crippen molar-refractivity contribution >= 4 is 11.9 Å². The summed E-state index contributed by atoms with van der Waals surface area (Å²) in [5, 5.41) is 14.8. The normalized spacial score (nSPS) is 17.9. The molecule has 6 heteroatoms. The SMILES string of the molecule is CC(CC(=O)O)CC(=O)NCCCN1CCNCC1. The van der Waals surface area contributed by atoms with Gasteiger partial charge in [-0.3, -0.25) is 9.59 Å². The highest BCUT2D eigenvalue weighted by Crippen LogP contribution is 2.06. The van der Waals surface area contributed by atoms with Gasteiger partial charge in [0.15, 0.2) is 0 Å². The summed E-state index contributed by atoms with van der Waals surface area (Å²) in [5.41, 5.74) is 0. The largest absolute Gasteiger partial charge is 0.481 e. The summed E-state index contributed by atoms with van der Waals surface area (Å²) in [5.74, 6) is -1.00. The monoisotopic (exact) mass is 271 g/mol. The Balaban J connectivity index is 2.01. The maximum atomic E-state index is 11.6. The number of piperazine rings is 1. The summed E-state index contributed by atoms with van der Waals surface area (Å²) in [7, 11) is 0. The Morgan fingerprint density at radius 1 is 1.32 bits per heavy atom. The molecule has 1 atom stereocenters. The highest BCUT2D eigenvalue weighted by molar-refractivity contribution is 5.77. The minimum Gasteiger partial charge on any atom is -0.481 e. The van der Waals surface area contributed by atoms with Crippen molar-refractivity contribution < 1.29 is 14.7 Å². The third kappa shape index (κ3) is 7.79. The summed E-state index contributed by atoms with van der Waals surface area (Å²) in [4.78, 5) is 24.4. The van der Waals surface area contributed by atoms with Crippen LogP contribution in [0.15, 0.2) is 0 Å². The van der Waals surface area contributed by atoms with Crippen LogP contribution in [0.4, 0.5) is 0 Å². The van der Waals surface area contributed by atoms with Gasteiger partial charge in [0.05, 0.1) is 0 Å². The molecule has 1 rings (SSSR count).